The summed E-state index contributed by atoms with van der Waals surface area (Å²) in [6.07, 6.45) is 2.78. The standard InChI is InChI=1S/C20H21ClO5S/c1-13(2)11-26-20-15(21)9-14(10-17(20)24-3)6-7-19(23)25-12-16(22)18-5-4-8-27-18/h4-10,13H,11-12H2,1-3H3/b7-6+. The minimum Gasteiger partial charge on any atom is -0.493 e. The maximum atomic E-state index is 11.8. The van der Waals surface area contributed by atoms with Crippen LogP contribution in [-0.4, -0.2) is 32.1 Å². The van der Waals surface area contributed by atoms with Gasteiger partial charge in [0.25, 0.3) is 0 Å². The first-order valence-corrected chi connectivity index (χ1v) is 9.58. The zero-order valence-electron chi connectivity index (χ0n) is 15.4. The highest BCUT2D eigenvalue weighted by Gasteiger charge is 2.13. The van der Waals surface area contributed by atoms with E-state index < -0.39 is 5.97 Å². The number of carbonyl (C=O) groups excluding carboxylic acids is 2. The normalized spacial score (nSPS) is 11.0. The SMILES string of the molecule is COc1cc(/C=C/C(=O)OCC(=O)c2cccs2)cc(Cl)c1OCC(C)C. The highest BCUT2D eigenvalue weighted by Crippen LogP contribution is 2.37. The van der Waals surface area contributed by atoms with Gasteiger partial charge in [-0.05, 0) is 41.1 Å². The molecule has 0 fully saturated rings. The topological polar surface area (TPSA) is 61.8 Å². The molecule has 1 aromatic heterocycles. The molecule has 0 spiro atoms. The average Bonchev–Trinajstić information content (AvgIpc) is 3.17. The number of carbonyl (C=O) groups is 2. The largest absolute Gasteiger partial charge is 0.493 e. The lowest BCUT2D eigenvalue weighted by Crippen LogP contribution is -2.11. The summed E-state index contributed by atoms with van der Waals surface area (Å²) in [5, 5.41) is 2.18. The van der Waals surface area contributed by atoms with E-state index in [-0.39, 0.29) is 12.4 Å². The summed E-state index contributed by atoms with van der Waals surface area (Å²) in [5.41, 5.74) is 0.648. The van der Waals surface area contributed by atoms with Crippen molar-refractivity contribution >= 4 is 40.8 Å². The van der Waals surface area contributed by atoms with Crippen LogP contribution in [0.15, 0.2) is 35.7 Å². The van der Waals surface area contributed by atoms with Crippen molar-refractivity contribution in [3.05, 3.63) is 51.2 Å². The number of halogens is 1. The number of methoxy groups -OCH3 is 1. The van der Waals surface area contributed by atoms with Crippen molar-refractivity contribution in [1.82, 2.24) is 0 Å². The van der Waals surface area contributed by atoms with E-state index in [1.807, 2.05) is 13.8 Å². The first kappa shape index (κ1) is 21.0. The van der Waals surface area contributed by atoms with E-state index in [1.165, 1.54) is 24.5 Å². The zero-order valence-corrected chi connectivity index (χ0v) is 16.9. The van der Waals surface area contributed by atoms with E-state index in [4.69, 9.17) is 25.8 Å². The molecule has 144 valence electrons. The second-order valence-electron chi connectivity index (χ2n) is 6.08. The predicted octanol–water partition coefficient (Wildman–Crippen LogP) is 4.88. The molecule has 0 aliphatic rings. The van der Waals surface area contributed by atoms with E-state index in [0.29, 0.717) is 39.5 Å². The monoisotopic (exact) mass is 408 g/mol. The third-order valence-electron chi connectivity index (χ3n) is 3.37. The molecule has 0 amide bonds. The van der Waals surface area contributed by atoms with Gasteiger partial charge in [-0.1, -0.05) is 31.5 Å². The Bertz CT molecular complexity index is 812. The minimum absolute atomic E-state index is 0.233. The van der Waals surface area contributed by atoms with Crippen LogP contribution in [0.3, 0.4) is 0 Å². The van der Waals surface area contributed by atoms with Crippen LogP contribution in [0.25, 0.3) is 6.08 Å². The van der Waals surface area contributed by atoms with Gasteiger partial charge in [0.15, 0.2) is 18.1 Å². The van der Waals surface area contributed by atoms with Crippen LogP contribution in [0, 0.1) is 5.92 Å². The summed E-state index contributed by atoms with van der Waals surface area (Å²) >= 11 is 7.58. The molecule has 2 aromatic rings. The molecule has 0 N–H and O–H groups in total. The molecule has 7 heteroatoms. The quantitative estimate of drug-likeness (QED) is 0.336. The van der Waals surface area contributed by atoms with Crippen molar-refractivity contribution in [2.45, 2.75) is 13.8 Å². The lowest BCUT2D eigenvalue weighted by molar-refractivity contribution is -0.136. The molecule has 0 saturated heterocycles. The summed E-state index contributed by atoms with van der Waals surface area (Å²) in [7, 11) is 1.52. The lowest BCUT2D eigenvalue weighted by atomic mass is 10.2. The van der Waals surface area contributed by atoms with E-state index in [1.54, 1.807) is 35.7 Å². The first-order valence-electron chi connectivity index (χ1n) is 8.32. The van der Waals surface area contributed by atoms with Gasteiger partial charge in [0, 0.05) is 6.08 Å². The molecule has 2 rings (SSSR count). The molecular weight excluding hydrogens is 388 g/mol. The van der Waals surface area contributed by atoms with E-state index in [0.717, 1.165) is 0 Å². The summed E-state index contributed by atoms with van der Waals surface area (Å²) in [5.74, 6) is 0.438. The molecule has 1 heterocycles. The fourth-order valence-corrected chi connectivity index (χ4v) is 3.01. The molecule has 5 nitrogen and oxygen atoms in total. The molecule has 0 aliphatic carbocycles. The smallest absolute Gasteiger partial charge is 0.331 e. The van der Waals surface area contributed by atoms with E-state index >= 15 is 0 Å². The van der Waals surface area contributed by atoms with Gasteiger partial charge in [0.2, 0.25) is 5.78 Å². The Kier molecular flexibility index (Phi) is 7.88. The number of hydrogen-bond donors (Lipinski definition) is 0. The Morgan fingerprint density at radius 3 is 2.70 bits per heavy atom. The Labute approximate surface area is 167 Å². The summed E-state index contributed by atoms with van der Waals surface area (Å²) < 4.78 is 16.0. The van der Waals surface area contributed by atoms with Crippen molar-refractivity contribution in [3.8, 4) is 11.5 Å². The van der Waals surface area contributed by atoms with E-state index in [9.17, 15) is 9.59 Å². The molecule has 0 atom stereocenters. The maximum absolute atomic E-state index is 11.8. The fraction of sp³-hybridized carbons (Fsp3) is 0.300. The number of Topliss-reactive ketones (excluding diaryl/α,β-unsaturated/α-hetero) is 1. The number of thiophene rings is 1. The van der Waals surface area contributed by atoms with Crippen LogP contribution < -0.4 is 9.47 Å². The predicted molar refractivity (Wildman–Crippen MR) is 107 cm³/mol. The van der Waals surface area contributed by atoms with Crippen LogP contribution in [0.5, 0.6) is 11.5 Å². The van der Waals surface area contributed by atoms with Gasteiger partial charge in [-0.3, -0.25) is 4.79 Å². The number of esters is 1. The number of rotatable bonds is 9. The summed E-state index contributed by atoms with van der Waals surface area (Å²) in [6.45, 7) is 4.28. The Morgan fingerprint density at radius 2 is 2.07 bits per heavy atom. The van der Waals surface area contributed by atoms with Crippen LogP contribution >= 0.6 is 22.9 Å². The highest BCUT2D eigenvalue weighted by molar-refractivity contribution is 7.12. The Balaban J connectivity index is 2.00. The van der Waals surface area contributed by atoms with Crippen LogP contribution in [-0.2, 0) is 9.53 Å². The van der Waals surface area contributed by atoms with Crippen molar-refractivity contribution < 1.29 is 23.8 Å². The highest BCUT2D eigenvalue weighted by atomic mass is 35.5. The fourth-order valence-electron chi connectivity index (χ4n) is 2.08. The summed E-state index contributed by atoms with van der Waals surface area (Å²) in [6, 6.07) is 6.83. The van der Waals surface area contributed by atoms with Crippen molar-refractivity contribution in [2.24, 2.45) is 5.92 Å². The van der Waals surface area contributed by atoms with Crippen molar-refractivity contribution in [3.63, 3.8) is 0 Å². The van der Waals surface area contributed by atoms with Gasteiger partial charge >= 0.3 is 5.97 Å². The Hall–Kier alpha value is -2.31. The number of ketones is 1. The second kappa shape index (κ2) is 10.1. The molecular formula is C20H21ClO5S. The molecule has 0 unspecified atom stereocenters. The molecule has 27 heavy (non-hydrogen) atoms. The van der Waals surface area contributed by atoms with Crippen molar-refractivity contribution in [2.75, 3.05) is 20.3 Å². The molecule has 0 saturated carbocycles. The second-order valence-corrected chi connectivity index (χ2v) is 7.44. The molecule has 0 aliphatic heterocycles. The molecule has 0 bridgehead atoms. The van der Waals surface area contributed by atoms with Gasteiger partial charge in [-0.2, -0.15) is 0 Å². The molecule has 1 aromatic carbocycles. The van der Waals surface area contributed by atoms with Gasteiger partial charge in [0.05, 0.1) is 23.6 Å². The zero-order chi connectivity index (χ0) is 19.8. The van der Waals surface area contributed by atoms with Crippen LogP contribution in [0.2, 0.25) is 5.02 Å². The first-order chi connectivity index (χ1) is 12.9. The molecule has 0 radical (unpaired) electrons. The Morgan fingerprint density at radius 1 is 1.30 bits per heavy atom. The van der Waals surface area contributed by atoms with Crippen LogP contribution in [0.4, 0.5) is 0 Å². The van der Waals surface area contributed by atoms with Gasteiger partial charge in [-0.25, -0.2) is 4.79 Å². The van der Waals surface area contributed by atoms with Gasteiger partial charge in [-0.15, -0.1) is 11.3 Å². The average molecular weight is 409 g/mol. The third kappa shape index (κ3) is 6.41. The number of ether oxygens (including phenoxy) is 3. The van der Waals surface area contributed by atoms with Gasteiger partial charge in [0.1, 0.15) is 0 Å². The minimum atomic E-state index is -0.616. The van der Waals surface area contributed by atoms with Crippen LogP contribution in [0.1, 0.15) is 29.1 Å². The number of hydrogen-bond acceptors (Lipinski definition) is 6. The summed E-state index contributed by atoms with van der Waals surface area (Å²) in [4.78, 5) is 24.2. The third-order valence-corrected chi connectivity index (χ3v) is 4.56. The van der Waals surface area contributed by atoms with Crippen molar-refractivity contribution in [1.29, 1.82) is 0 Å². The van der Waals surface area contributed by atoms with E-state index in [2.05, 4.69) is 0 Å². The van der Waals surface area contributed by atoms with Gasteiger partial charge < -0.3 is 14.2 Å². The lowest BCUT2D eigenvalue weighted by Gasteiger charge is -2.14. The maximum Gasteiger partial charge on any atom is 0.331 e. The number of benzene rings is 1.